The summed E-state index contributed by atoms with van der Waals surface area (Å²) in [6, 6.07) is 0. The van der Waals surface area contributed by atoms with Gasteiger partial charge in [0.25, 0.3) is 0 Å². The summed E-state index contributed by atoms with van der Waals surface area (Å²) >= 11 is 6.09. The fraction of sp³-hybridized carbons (Fsp3) is 0.692. The maximum atomic E-state index is 12.5. The van der Waals surface area contributed by atoms with Crippen LogP contribution in [0.2, 0.25) is 5.02 Å². The molecular formula is C13H20ClN3O2. The van der Waals surface area contributed by atoms with E-state index in [1.54, 1.807) is 4.68 Å². The number of rotatable bonds is 5. The third-order valence-electron chi connectivity index (χ3n) is 3.35. The minimum absolute atomic E-state index is 0.0610. The van der Waals surface area contributed by atoms with Crippen LogP contribution < -0.4 is 0 Å². The number of hydrogen-bond acceptors (Lipinski definition) is 4. The molecule has 6 heteroatoms. The number of nitrogens with zero attached hydrogens (tertiary/aromatic N) is 3. The minimum atomic E-state index is -0.432. The largest absolute Gasteiger partial charge is 0.367 e. The van der Waals surface area contributed by atoms with Crippen LogP contribution in [0.4, 0.5) is 0 Å². The smallest absolute Gasteiger partial charge is 0.212 e. The number of aromatic nitrogens is 2. The number of halogens is 1. The zero-order chi connectivity index (χ0) is 13.8. The number of carbonyl (C=O) groups excluding carboxylic acids is 1. The summed E-state index contributed by atoms with van der Waals surface area (Å²) in [6.45, 7) is 7.84. The number of Topliss-reactive ketones (excluding diaryl/α,β-unsaturated/α-hetero) is 1. The van der Waals surface area contributed by atoms with Gasteiger partial charge in [-0.3, -0.25) is 14.4 Å². The van der Waals surface area contributed by atoms with Crippen molar-refractivity contribution in [1.82, 2.24) is 14.7 Å². The minimum Gasteiger partial charge on any atom is -0.367 e. The summed E-state index contributed by atoms with van der Waals surface area (Å²) in [7, 11) is 0. The average Bonchev–Trinajstić information content (AvgIpc) is 2.79. The van der Waals surface area contributed by atoms with Gasteiger partial charge in [0.2, 0.25) is 5.78 Å². The van der Waals surface area contributed by atoms with E-state index in [9.17, 15) is 4.79 Å². The fourth-order valence-corrected chi connectivity index (χ4v) is 2.52. The first-order valence-electron chi connectivity index (χ1n) is 6.76. The van der Waals surface area contributed by atoms with E-state index in [0.717, 1.165) is 19.5 Å². The molecule has 1 aromatic rings. The zero-order valence-electron chi connectivity index (χ0n) is 11.4. The van der Waals surface area contributed by atoms with Crippen LogP contribution in [0.1, 0.15) is 30.8 Å². The second kappa shape index (κ2) is 6.50. The summed E-state index contributed by atoms with van der Waals surface area (Å²) in [5, 5.41) is 4.57. The van der Waals surface area contributed by atoms with Gasteiger partial charge in [-0.05, 0) is 13.0 Å². The molecule has 1 saturated heterocycles. The van der Waals surface area contributed by atoms with Crippen molar-refractivity contribution in [3.8, 4) is 0 Å². The number of aryl methyl sites for hydroxylation is 1. The third kappa shape index (κ3) is 3.16. The van der Waals surface area contributed by atoms with Crippen LogP contribution in [-0.4, -0.2) is 52.8 Å². The van der Waals surface area contributed by atoms with Gasteiger partial charge in [0.1, 0.15) is 11.8 Å². The van der Waals surface area contributed by atoms with E-state index in [1.165, 1.54) is 6.20 Å². The maximum Gasteiger partial charge on any atom is 0.212 e. The van der Waals surface area contributed by atoms with E-state index in [4.69, 9.17) is 16.3 Å². The van der Waals surface area contributed by atoms with Crippen molar-refractivity contribution in [3.63, 3.8) is 0 Å². The molecule has 19 heavy (non-hydrogen) atoms. The van der Waals surface area contributed by atoms with Crippen LogP contribution in [0.25, 0.3) is 0 Å². The molecule has 0 amide bonds. The summed E-state index contributed by atoms with van der Waals surface area (Å²) in [6.07, 6.45) is 2.01. The predicted molar refractivity (Wildman–Crippen MR) is 73.7 cm³/mol. The molecule has 0 bridgehead atoms. The van der Waals surface area contributed by atoms with Gasteiger partial charge in [0.15, 0.2) is 0 Å². The molecular weight excluding hydrogens is 266 g/mol. The first-order chi connectivity index (χ1) is 9.17. The third-order valence-corrected chi connectivity index (χ3v) is 3.63. The maximum absolute atomic E-state index is 12.5. The Morgan fingerprint density at radius 2 is 2.37 bits per heavy atom. The number of hydrogen-bond donors (Lipinski definition) is 0. The summed E-state index contributed by atoms with van der Waals surface area (Å²) in [4.78, 5) is 14.8. The van der Waals surface area contributed by atoms with E-state index in [1.807, 2.05) is 6.92 Å². The van der Waals surface area contributed by atoms with Crippen LogP contribution in [0.5, 0.6) is 0 Å². The Bertz CT molecular complexity index is 447. The van der Waals surface area contributed by atoms with E-state index in [0.29, 0.717) is 30.4 Å². The van der Waals surface area contributed by atoms with Crippen molar-refractivity contribution < 1.29 is 9.53 Å². The molecule has 1 aliphatic rings. The monoisotopic (exact) mass is 285 g/mol. The molecule has 1 aliphatic heterocycles. The van der Waals surface area contributed by atoms with Gasteiger partial charge in [-0.1, -0.05) is 25.4 Å². The van der Waals surface area contributed by atoms with Crippen LogP contribution in [0.15, 0.2) is 6.20 Å². The van der Waals surface area contributed by atoms with Crippen molar-refractivity contribution >= 4 is 17.4 Å². The molecule has 2 heterocycles. The fourth-order valence-electron chi connectivity index (χ4n) is 2.29. The quantitative estimate of drug-likeness (QED) is 0.775. The Labute approximate surface area is 118 Å². The van der Waals surface area contributed by atoms with Crippen molar-refractivity contribution in [3.05, 3.63) is 16.9 Å². The standard InChI is InChI=1S/C13H20ClN3O2/c1-3-5-17-12(10(14)8-15-17)13(18)11-9-16(4-2)6-7-19-11/h8,11H,3-7,9H2,1-2H3. The van der Waals surface area contributed by atoms with Crippen molar-refractivity contribution in [1.29, 1.82) is 0 Å². The first-order valence-corrected chi connectivity index (χ1v) is 7.14. The number of likely N-dealkylation sites (N-methyl/N-ethyl adjacent to an activating group) is 1. The molecule has 5 nitrogen and oxygen atoms in total. The van der Waals surface area contributed by atoms with Gasteiger partial charge in [0.05, 0.1) is 17.8 Å². The Kier molecular flexibility index (Phi) is 4.96. The number of morpholine rings is 1. The number of carbonyl (C=O) groups is 1. The zero-order valence-corrected chi connectivity index (χ0v) is 12.2. The van der Waals surface area contributed by atoms with Gasteiger partial charge in [-0.15, -0.1) is 0 Å². The Balaban J connectivity index is 2.16. The highest BCUT2D eigenvalue weighted by molar-refractivity contribution is 6.33. The highest BCUT2D eigenvalue weighted by Gasteiger charge is 2.30. The molecule has 0 N–H and O–H groups in total. The van der Waals surface area contributed by atoms with Gasteiger partial charge in [-0.2, -0.15) is 5.10 Å². The SMILES string of the molecule is CCCn1ncc(Cl)c1C(=O)C1CN(CC)CCO1. The van der Waals surface area contributed by atoms with Gasteiger partial charge in [0, 0.05) is 19.6 Å². The Hall–Kier alpha value is -0.910. The van der Waals surface area contributed by atoms with E-state index < -0.39 is 6.10 Å². The van der Waals surface area contributed by atoms with Crippen LogP contribution >= 0.6 is 11.6 Å². The lowest BCUT2D eigenvalue weighted by molar-refractivity contribution is -0.0153. The topological polar surface area (TPSA) is 47.4 Å². The van der Waals surface area contributed by atoms with Crippen molar-refractivity contribution in [2.24, 2.45) is 0 Å². The Morgan fingerprint density at radius 3 is 3.05 bits per heavy atom. The first kappa shape index (κ1) is 14.5. The molecule has 0 saturated carbocycles. The van der Waals surface area contributed by atoms with Crippen LogP contribution in [0, 0.1) is 0 Å². The molecule has 0 aliphatic carbocycles. The van der Waals surface area contributed by atoms with E-state index in [2.05, 4.69) is 16.9 Å². The molecule has 0 spiro atoms. The molecule has 1 unspecified atom stereocenters. The summed E-state index contributed by atoms with van der Waals surface area (Å²) in [5.41, 5.74) is 0.478. The van der Waals surface area contributed by atoms with Crippen LogP contribution in [0.3, 0.4) is 0 Å². The second-order valence-corrected chi connectivity index (χ2v) is 5.09. The number of ketones is 1. The lowest BCUT2D eigenvalue weighted by Crippen LogP contribution is -2.46. The molecule has 2 rings (SSSR count). The van der Waals surface area contributed by atoms with Crippen molar-refractivity contribution in [2.45, 2.75) is 32.9 Å². The van der Waals surface area contributed by atoms with Crippen LogP contribution in [-0.2, 0) is 11.3 Å². The summed E-state index contributed by atoms with van der Waals surface area (Å²) in [5.74, 6) is -0.0610. The van der Waals surface area contributed by atoms with Gasteiger partial charge in [-0.25, -0.2) is 0 Å². The lowest BCUT2D eigenvalue weighted by Gasteiger charge is -2.31. The molecule has 106 valence electrons. The second-order valence-electron chi connectivity index (χ2n) is 4.68. The highest BCUT2D eigenvalue weighted by Crippen LogP contribution is 2.20. The normalized spacial score (nSPS) is 20.7. The molecule has 0 aromatic carbocycles. The van der Waals surface area contributed by atoms with Crippen molar-refractivity contribution in [2.75, 3.05) is 26.2 Å². The van der Waals surface area contributed by atoms with Gasteiger partial charge >= 0.3 is 0 Å². The Morgan fingerprint density at radius 1 is 1.58 bits per heavy atom. The lowest BCUT2D eigenvalue weighted by atomic mass is 10.1. The number of ether oxygens (including phenoxy) is 1. The highest BCUT2D eigenvalue weighted by atomic mass is 35.5. The molecule has 1 atom stereocenters. The summed E-state index contributed by atoms with van der Waals surface area (Å²) < 4.78 is 7.27. The van der Waals surface area contributed by atoms with E-state index in [-0.39, 0.29) is 5.78 Å². The molecule has 1 aromatic heterocycles. The van der Waals surface area contributed by atoms with Gasteiger partial charge < -0.3 is 4.74 Å². The molecule has 0 radical (unpaired) electrons. The average molecular weight is 286 g/mol. The molecule has 1 fully saturated rings. The predicted octanol–water partition coefficient (Wildman–Crippen LogP) is 1.85. The van der Waals surface area contributed by atoms with E-state index >= 15 is 0 Å².